The van der Waals surface area contributed by atoms with Crippen molar-refractivity contribution in [3.8, 4) is 11.5 Å². The van der Waals surface area contributed by atoms with Gasteiger partial charge in [-0.3, -0.25) is 14.5 Å². The highest BCUT2D eigenvalue weighted by atomic mass is 32.2. The van der Waals surface area contributed by atoms with E-state index in [1.54, 1.807) is 43.4 Å². The number of nitrogens with two attached hydrogens (primary N) is 1. The van der Waals surface area contributed by atoms with Gasteiger partial charge in [-0.25, -0.2) is 13.6 Å². The quantitative estimate of drug-likeness (QED) is 0.694. The molecule has 0 aromatic heterocycles. The van der Waals surface area contributed by atoms with Crippen LogP contribution in [0.2, 0.25) is 0 Å². The van der Waals surface area contributed by atoms with Crippen LogP contribution in [0.1, 0.15) is 44.6 Å². The van der Waals surface area contributed by atoms with Crippen LogP contribution in [-0.2, 0) is 19.6 Å². The molecule has 0 saturated heterocycles. The zero-order valence-corrected chi connectivity index (χ0v) is 20.4. The molecule has 1 atom stereocenters. The summed E-state index contributed by atoms with van der Waals surface area (Å²) in [5.41, 5.74) is 2.10. The number of rotatable bonds is 5. The number of carbonyl (C=O) groups excluding carboxylic acids is 2. The van der Waals surface area contributed by atoms with Crippen LogP contribution in [0.4, 0.5) is 5.69 Å². The van der Waals surface area contributed by atoms with Gasteiger partial charge in [-0.05, 0) is 54.3 Å². The van der Waals surface area contributed by atoms with Crippen LogP contribution in [0, 0.1) is 5.41 Å². The summed E-state index contributed by atoms with van der Waals surface area (Å²) < 4.78 is 34.3. The third kappa shape index (κ3) is 4.33. The Balaban J connectivity index is 1.90. The lowest BCUT2D eigenvalue weighted by Crippen LogP contribution is -2.43. The Morgan fingerprint density at radius 1 is 1.00 bits per heavy atom. The third-order valence-corrected chi connectivity index (χ3v) is 7.31. The average molecular weight is 485 g/mol. The molecule has 1 amide bonds. The number of amides is 1. The topological polar surface area (TPSA) is 116 Å². The zero-order chi connectivity index (χ0) is 24.8. The second kappa shape index (κ2) is 8.56. The molecule has 1 unspecified atom stereocenters. The number of sulfonamides is 1. The van der Waals surface area contributed by atoms with Crippen LogP contribution in [0.5, 0.6) is 11.5 Å². The predicted molar refractivity (Wildman–Crippen MR) is 127 cm³/mol. The van der Waals surface area contributed by atoms with Crippen molar-refractivity contribution in [1.29, 1.82) is 0 Å². The van der Waals surface area contributed by atoms with Gasteiger partial charge in [-0.2, -0.15) is 0 Å². The van der Waals surface area contributed by atoms with Crippen LogP contribution in [-0.4, -0.2) is 34.3 Å². The molecule has 2 aliphatic rings. The van der Waals surface area contributed by atoms with Crippen molar-refractivity contribution in [3.05, 3.63) is 59.3 Å². The Bertz CT molecular complexity index is 1300. The van der Waals surface area contributed by atoms with E-state index < -0.39 is 15.9 Å². The molecule has 8 nitrogen and oxygen atoms in total. The lowest BCUT2D eigenvalue weighted by atomic mass is 9.69. The minimum atomic E-state index is -3.87. The smallest absolute Gasteiger partial charge is 0.238 e. The van der Waals surface area contributed by atoms with Gasteiger partial charge in [0.05, 0.1) is 19.1 Å². The number of benzene rings is 2. The molecule has 34 heavy (non-hydrogen) atoms. The summed E-state index contributed by atoms with van der Waals surface area (Å²) in [6.45, 7) is 3.99. The second-order valence-electron chi connectivity index (χ2n) is 9.43. The van der Waals surface area contributed by atoms with Gasteiger partial charge in [0.15, 0.2) is 5.78 Å². The highest BCUT2D eigenvalue weighted by Crippen LogP contribution is 2.50. The highest BCUT2D eigenvalue weighted by molar-refractivity contribution is 7.89. The SMILES string of the molecule is COc1ccc(OC)c(C2CC(=O)N(c3ccc(S(N)(=O)=O)cc3)C3=C2C(=O)CC(C)(C)C3)c1. The van der Waals surface area contributed by atoms with E-state index in [2.05, 4.69) is 0 Å². The first-order chi connectivity index (χ1) is 15.9. The zero-order valence-electron chi connectivity index (χ0n) is 19.6. The second-order valence-corrected chi connectivity index (χ2v) is 11.0. The van der Waals surface area contributed by atoms with Crippen molar-refractivity contribution < 1.29 is 27.5 Å². The van der Waals surface area contributed by atoms with Crippen molar-refractivity contribution in [2.75, 3.05) is 19.1 Å². The largest absolute Gasteiger partial charge is 0.497 e. The molecule has 2 aromatic rings. The summed E-state index contributed by atoms with van der Waals surface area (Å²) >= 11 is 0. The van der Waals surface area contributed by atoms with Crippen molar-refractivity contribution >= 4 is 27.4 Å². The van der Waals surface area contributed by atoms with Crippen molar-refractivity contribution in [2.24, 2.45) is 10.6 Å². The Kier molecular flexibility index (Phi) is 6.03. The molecule has 0 saturated carbocycles. The molecule has 4 rings (SSSR count). The lowest BCUT2D eigenvalue weighted by Gasteiger charge is -2.43. The maximum Gasteiger partial charge on any atom is 0.238 e. The standard InChI is InChI=1S/C25H28N2O6S/c1-25(2)13-20-24(21(28)14-25)19(18-11-16(32-3)7-10-22(18)33-4)12-23(29)27(20)15-5-8-17(9-6-15)34(26,30)31/h5-11,19H,12-14H2,1-4H3,(H2,26,30,31). The summed E-state index contributed by atoms with van der Waals surface area (Å²) in [6.07, 6.45) is 0.937. The fourth-order valence-electron chi connectivity index (χ4n) is 4.88. The predicted octanol–water partition coefficient (Wildman–Crippen LogP) is 3.51. The van der Waals surface area contributed by atoms with Crippen LogP contribution in [0.25, 0.3) is 0 Å². The molecule has 1 aliphatic heterocycles. The Morgan fingerprint density at radius 2 is 1.68 bits per heavy atom. The number of anilines is 1. The van der Waals surface area contributed by atoms with Crippen LogP contribution >= 0.6 is 0 Å². The van der Waals surface area contributed by atoms with Gasteiger partial charge in [0.1, 0.15) is 11.5 Å². The fourth-order valence-corrected chi connectivity index (χ4v) is 5.39. The normalized spacial score (nSPS) is 20.3. The number of hydrogen-bond acceptors (Lipinski definition) is 6. The van der Waals surface area contributed by atoms with Gasteiger partial charge >= 0.3 is 0 Å². The average Bonchev–Trinajstić information content (AvgIpc) is 2.76. The number of hydrogen-bond donors (Lipinski definition) is 1. The number of methoxy groups -OCH3 is 2. The van der Waals surface area contributed by atoms with Crippen molar-refractivity contribution in [2.45, 2.75) is 43.9 Å². The Hall–Kier alpha value is -3.17. The Labute approximate surface area is 199 Å². The van der Waals surface area contributed by atoms with Gasteiger partial charge in [-0.1, -0.05) is 13.8 Å². The number of Topliss-reactive ketones (excluding diaryl/α,β-unsaturated/α-hetero) is 1. The van der Waals surface area contributed by atoms with E-state index in [0.717, 1.165) is 5.56 Å². The minimum absolute atomic E-state index is 0.0141. The number of primary sulfonamides is 1. The maximum absolute atomic E-state index is 13.6. The molecule has 180 valence electrons. The van der Waals surface area contributed by atoms with E-state index in [9.17, 15) is 18.0 Å². The first kappa shape index (κ1) is 24.0. The number of carbonyl (C=O) groups is 2. The molecule has 0 bridgehead atoms. The molecule has 2 N–H and O–H groups in total. The van der Waals surface area contributed by atoms with E-state index in [1.165, 1.54) is 12.1 Å². The van der Waals surface area contributed by atoms with Gasteiger partial charge in [0, 0.05) is 41.3 Å². The fraction of sp³-hybridized carbons (Fsp3) is 0.360. The molecular formula is C25H28N2O6S. The molecule has 0 spiro atoms. The maximum atomic E-state index is 13.6. The van der Waals surface area contributed by atoms with Crippen molar-refractivity contribution in [1.82, 2.24) is 0 Å². The van der Waals surface area contributed by atoms with Crippen LogP contribution in [0.15, 0.2) is 58.6 Å². The Morgan fingerprint density at radius 3 is 2.26 bits per heavy atom. The van der Waals surface area contributed by atoms with Gasteiger partial charge < -0.3 is 9.47 Å². The van der Waals surface area contributed by atoms with E-state index in [4.69, 9.17) is 14.6 Å². The van der Waals surface area contributed by atoms with E-state index in [1.807, 2.05) is 19.9 Å². The van der Waals surface area contributed by atoms with E-state index in [0.29, 0.717) is 41.3 Å². The number of nitrogens with zero attached hydrogens (tertiary/aromatic N) is 1. The van der Waals surface area contributed by atoms with Crippen LogP contribution in [0.3, 0.4) is 0 Å². The number of ether oxygens (including phenoxy) is 2. The number of ketones is 1. The van der Waals surface area contributed by atoms with Gasteiger partial charge in [0.2, 0.25) is 15.9 Å². The molecule has 0 radical (unpaired) electrons. The van der Waals surface area contributed by atoms with Crippen LogP contribution < -0.4 is 19.5 Å². The van der Waals surface area contributed by atoms with Gasteiger partial charge in [0.25, 0.3) is 0 Å². The third-order valence-electron chi connectivity index (χ3n) is 6.38. The lowest BCUT2D eigenvalue weighted by molar-refractivity contribution is -0.121. The van der Waals surface area contributed by atoms with Crippen molar-refractivity contribution in [3.63, 3.8) is 0 Å². The van der Waals surface area contributed by atoms with E-state index in [-0.39, 0.29) is 28.4 Å². The first-order valence-electron chi connectivity index (χ1n) is 10.9. The molecule has 2 aromatic carbocycles. The number of allylic oxidation sites excluding steroid dienone is 2. The minimum Gasteiger partial charge on any atom is -0.497 e. The molecule has 9 heteroatoms. The van der Waals surface area contributed by atoms with E-state index >= 15 is 0 Å². The van der Waals surface area contributed by atoms with Gasteiger partial charge in [-0.15, -0.1) is 0 Å². The summed E-state index contributed by atoms with van der Waals surface area (Å²) in [7, 11) is -0.758. The summed E-state index contributed by atoms with van der Waals surface area (Å²) in [6, 6.07) is 11.2. The summed E-state index contributed by atoms with van der Waals surface area (Å²) in [5, 5.41) is 5.22. The highest BCUT2D eigenvalue weighted by Gasteiger charge is 2.45. The molecule has 1 heterocycles. The summed E-state index contributed by atoms with van der Waals surface area (Å²) in [5.74, 6) is 0.502. The summed E-state index contributed by atoms with van der Waals surface area (Å²) in [4.78, 5) is 28.5. The molecule has 1 aliphatic carbocycles. The molecular weight excluding hydrogens is 456 g/mol. The first-order valence-corrected chi connectivity index (χ1v) is 12.4. The monoisotopic (exact) mass is 484 g/mol. The molecule has 0 fully saturated rings.